The van der Waals surface area contributed by atoms with Crippen molar-refractivity contribution in [1.29, 1.82) is 0 Å². The Bertz CT molecular complexity index is 843. The zero-order valence-electron chi connectivity index (χ0n) is 19.2. The van der Waals surface area contributed by atoms with Crippen LogP contribution in [0.15, 0.2) is 42.3 Å². The molecule has 0 aliphatic carbocycles. The maximum Gasteiger partial charge on any atom is 0.0629 e. The first kappa shape index (κ1) is 6.06. The van der Waals surface area contributed by atoms with E-state index in [0.29, 0.717) is 0 Å². The summed E-state index contributed by atoms with van der Waals surface area (Å²) in [7, 11) is 0. The fourth-order valence-electron chi connectivity index (χ4n) is 2.11. The van der Waals surface area contributed by atoms with Gasteiger partial charge in [0.05, 0.1) is 6.85 Å². The molecule has 0 N–H and O–H groups in total. The van der Waals surface area contributed by atoms with Crippen molar-refractivity contribution < 1.29 is 11.0 Å². The minimum atomic E-state index is -2.47. The van der Waals surface area contributed by atoms with E-state index in [2.05, 4.69) is 0 Å². The smallest absolute Gasteiger partial charge is 0.0622 e. The summed E-state index contributed by atoms with van der Waals surface area (Å²) in [5.74, 6) is 0. The second-order valence-electron chi connectivity index (χ2n) is 5.46. The molecule has 0 radical (unpaired) electrons. The van der Waals surface area contributed by atoms with Crippen LogP contribution >= 0.6 is 0 Å². The van der Waals surface area contributed by atoms with E-state index < -0.39 is 37.1 Å². The van der Waals surface area contributed by atoms with Gasteiger partial charge in [-0.3, -0.25) is 0 Å². The second kappa shape index (κ2) is 4.61. The molecule has 0 unspecified atom stereocenters. The fraction of sp³-hybridized carbons (Fsp3) is 0.333. The summed E-state index contributed by atoms with van der Waals surface area (Å²) in [4.78, 5) is 0. The SMILES string of the molecule is [2H]c1c([2H])c([2H])c(-c2cc(C(C)(C)C)c(C)cc2C([2H])([2H])[2H])c([2H])c1[2H]. The lowest BCUT2D eigenvalue weighted by Gasteiger charge is -2.24. The van der Waals surface area contributed by atoms with Gasteiger partial charge >= 0.3 is 0 Å². The van der Waals surface area contributed by atoms with Gasteiger partial charge in [-0.1, -0.05) is 63.1 Å². The van der Waals surface area contributed by atoms with Gasteiger partial charge in [0.15, 0.2) is 0 Å². The molecule has 0 heteroatoms. The molecule has 2 aromatic rings. The highest BCUT2D eigenvalue weighted by Crippen LogP contribution is 2.32. The molecule has 2 aromatic carbocycles. The third-order valence-electron chi connectivity index (χ3n) is 2.94. The average Bonchev–Trinajstić information content (AvgIpc) is 2.50. The Morgan fingerprint density at radius 1 is 1.00 bits per heavy atom. The lowest BCUT2D eigenvalue weighted by Crippen LogP contribution is -2.13. The Morgan fingerprint density at radius 3 is 2.22 bits per heavy atom. The molecule has 2 rings (SSSR count). The summed E-state index contributed by atoms with van der Waals surface area (Å²) in [5.41, 5.74) is 1.44. The number of rotatable bonds is 1. The van der Waals surface area contributed by atoms with Gasteiger partial charge in [-0.2, -0.15) is 0 Å². The molecule has 0 nitrogen and oxygen atoms in total. The molecule has 0 bridgehead atoms. The highest BCUT2D eigenvalue weighted by atomic mass is 14.2. The molecule has 0 saturated carbocycles. The highest BCUT2D eigenvalue weighted by Gasteiger charge is 2.18. The second-order valence-corrected chi connectivity index (χ2v) is 5.46. The van der Waals surface area contributed by atoms with Crippen molar-refractivity contribution in [3.05, 3.63) is 59.0 Å². The van der Waals surface area contributed by atoms with Crippen molar-refractivity contribution in [3.63, 3.8) is 0 Å². The van der Waals surface area contributed by atoms with Crippen LogP contribution in [0.25, 0.3) is 11.1 Å². The average molecular weight is 246 g/mol. The molecule has 0 saturated heterocycles. The summed E-state index contributed by atoms with van der Waals surface area (Å²) in [5, 5.41) is 0. The van der Waals surface area contributed by atoms with Crippen molar-refractivity contribution in [2.45, 2.75) is 40.0 Å². The van der Waals surface area contributed by atoms with Gasteiger partial charge in [-0.25, -0.2) is 0 Å². The molecule has 0 atom stereocenters. The van der Waals surface area contributed by atoms with Gasteiger partial charge < -0.3 is 0 Å². The normalized spacial score (nSPS) is 18.7. The number of hydrogen-bond acceptors (Lipinski definition) is 0. The van der Waals surface area contributed by atoms with Crippen molar-refractivity contribution in [2.75, 3.05) is 0 Å². The van der Waals surface area contributed by atoms with E-state index in [0.717, 1.165) is 11.1 Å². The molecule has 0 amide bonds. The van der Waals surface area contributed by atoms with Crippen LogP contribution in [0.5, 0.6) is 0 Å². The van der Waals surface area contributed by atoms with E-state index >= 15 is 0 Å². The Morgan fingerprint density at radius 2 is 1.67 bits per heavy atom. The summed E-state index contributed by atoms with van der Waals surface area (Å²) < 4.78 is 63.5. The van der Waals surface area contributed by atoms with Crippen molar-refractivity contribution in [1.82, 2.24) is 0 Å². The van der Waals surface area contributed by atoms with Crippen molar-refractivity contribution in [3.8, 4) is 11.1 Å². The van der Waals surface area contributed by atoms with Gasteiger partial charge in [0.1, 0.15) is 0 Å². The van der Waals surface area contributed by atoms with Crippen LogP contribution in [0.1, 0.15) is 48.4 Å². The molecule has 0 heterocycles. The molecular formula is C18H22. The molecular weight excluding hydrogens is 216 g/mol. The van der Waals surface area contributed by atoms with Gasteiger partial charge in [0, 0.05) is 4.11 Å². The zero-order chi connectivity index (χ0) is 20.2. The van der Waals surface area contributed by atoms with E-state index in [1.807, 2.05) is 27.7 Å². The molecule has 18 heavy (non-hydrogen) atoms. The van der Waals surface area contributed by atoms with Gasteiger partial charge in [-0.15, -0.1) is 0 Å². The fourth-order valence-corrected chi connectivity index (χ4v) is 2.11. The molecule has 0 fully saturated rings. The van der Waals surface area contributed by atoms with Gasteiger partial charge in [-0.05, 0) is 47.0 Å². The van der Waals surface area contributed by atoms with Crippen LogP contribution in [0.2, 0.25) is 0 Å². The van der Waals surface area contributed by atoms with Crippen molar-refractivity contribution in [2.24, 2.45) is 0 Å². The maximum atomic E-state index is 8.20. The first-order valence-corrected chi connectivity index (χ1v) is 5.90. The topological polar surface area (TPSA) is 0 Å². The number of aryl methyl sites for hydroxylation is 2. The van der Waals surface area contributed by atoms with E-state index in [1.54, 1.807) is 12.1 Å². The van der Waals surface area contributed by atoms with Crippen LogP contribution in [0.3, 0.4) is 0 Å². The van der Waals surface area contributed by atoms with Crippen LogP contribution in [-0.2, 0) is 5.41 Å². The van der Waals surface area contributed by atoms with Crippen LogP contribution in [0, 0.1) is 13.8 Å². The lowest BCUT2D eigenvalue weighted by atomic mass is 9.81. The van der Waals surface area contributed by atoms with E-state index in [9.17, 15) is 0 Å². The predicted molar refractivity (Wildman–Crippen MR) is 80.1 cm³/mol. The third kappa shape index (κ3) is 2.48. The van der Waals surface area contributed by atoms with Crippen LogP contribution in [0.4, 0.5) is 0 Å². The summed E-state index contributed by atoms with van der Waals surface area (Å²) in [6.45, 7) is 5.29. The summed E-state index contributed by atoms with van der Waals surface area (Å²) in [6, 6.07) is 0.956. The minimum absolute atomic E-state index is 0.0125. The maximum absolute atomic E-state index is 8.20. The van der Waals surface area contributed by atoms with Crippen LogP contribution in [-0.4, -0.2) is 0 Å². The van der Waals surface area contributed by atoms with E-state index in [-0.39, 0.29) is 22.1 Å². The van der Waals surface area contributed by atoms with Gasteiger partial charge in [0.2, 0.25) is 0 Å². The Kier molecular flexibility index (Phi) is 1.55. The molecule has 0 spiro atoms. The van der Waals surface area contributed by atoms with E-state index in [1.165, 1.54) is 0 Å². The monoisotopic (exact) mass is 246 g/mol. The quantitative estimate of drug-likeness (QED) is 0.643. The van der Waals surface area contributed by atoms with Crippen LogP contribution < -0.4 is 0 Å². The first-order valence-electron chi connectivity index (χ1n) is 9.90. The summed E-state index contributed by atoms with van der Waals surface area (Å²) in [6.07, 6.45) is 0. The predicted octanol–water partition coefficient (Wildman–Crippen LogP) is 5.27. The standard InChI is InChI=1S/C18H22/c1-13-11-14(2)17(18(3,4)5)12-16(13)15-9-7-6-8-10-15/h6-12H,1-5H3/i1D3,6D,7D,8D,9D,10D. The third-order valence-corrected chi connectivity index (χ3v) is 2.94. The molecule has 94 valence electrons. The largest absolute Gasteiger partial charge is 0.0629 e. The highest BCUT2D eigenvalue weighted by molar-refractivity contribution is 5.69. The Balaban J connectivity index is 3.03. The summed E-state index contributed by atoms with van der Waals surface area (Å²) >= 11 is 0. The first-order chi connectivity index (χ1) is 11.7. The minimum Gasteiger partial charge on any atom is -0.0622 e. The zero-order valence-corrected chi connectivity index (χ0v) is 11.2. The Labute approximate surface area is 122 Å². The van der Waals surface area contributed by atoms with Gasteiger partial charge in [0.25, 0.3) is 0 Å². The van der Waals surface area contributed by atoms with E-state index in [4.69, 9.17) is 11.0 Å². The molecule has 0 aromatic heterocycles. The lowest BCUT2D eigenvalue weighted by molar-refractivity contribution is 0.586. The molecule has 0 aliphatic heterocycles. The number of hydrogen-bond donors (Lipinski definition) is 0. The molecule has 0 aliphatic rings. The number of benzene rings is 2. The Hall–Kier alpha value is -1.56. The van der Waals surface area contributed by atoms with Crippen molar-refractivity contribution >= 4 is 0 Å².